The van der Waals surface area contributed by atoms with E-state index in [-0.39, 0.29) is 58.1 Å². The van der Waals surface area contributed by atoms with E-state index < -0.39 is 27.7 Å². The highest BCUT2D eigenvalue weighted by molar-refractivity contribution is 7.89. The zero-order chi connectivity index (χ0) is 21.2. The highest BCUT2D eigenvalue weighted by Crippen LogP contribution is 2.33. The predicted octanol–water partition coefficient (Wildman–Crippen LogP) is 4.93. The van der Waals surface area contributed by atoms with Crippen LogP contribution in [0.4, 0.5) is 4.39 Å². The third-order valence-electron chi connectivity index (χ3n) is 4.72. The Morgan fingerprint density at radius 1 is 1.03 bits per heavy atom. The van der Waals surface area contributed by atoms with Gasteiger partial charge in [-0.25, -0.2) is 12.8 Å². The van der Waals surface area contributed by atoms with Gasteiger partial charge in [-0.3, -0.25) is 4.79 Å². The number of carbonyl (C=O) groups is 1. The maximum Gasteiger partial charge on any atom is 0.309 e. The van der Waals surface area contributed by atoms with Gasteiger partial charge >= 0.3 is 5.97 Å². The number of carbonyl (C=O) groups excluding carboxylic acids is 1. The molecule has 3 rings (SSSR count). The summed E-state index contributed by atoms with van der Waals surface area (Å²) in [6.07, 6.45) is 0.538. The fourth-order valence-corrected chi connectivity index (χ4v) is 5.90. The first-order chi connectivity index (χ1) is 13.7. The summed E-state index contributed by atoms with van der Waals surface area (Å²) in [5, 5.41) is 0.261. The van der Waals surface area contributed by atoms with Gasteiger partial charge in [-0.05, 0) is 37.1 Å². The Labute approximate surface area is 183 Å². The van der Waals surface area contributed by atoms with Crippen LogP contribution in [0.1, 0.15) is 18.4 Å². The van der Waals surface area contributed by atoms with Gasteiger partial charge in [0.1, 0.15) is 17.3 Å². The molecule has 0 unspecified atom stereocenters. The fraction of sp³-hybridized carbons (Fsp3) is 0.316. The third kappa shape index (κ3) is 4.86. The van der Waals surface area contributed by atoms with Gasteiger partial charge in [0, 0.05) is 18.7 Å². The number of esters is 1. The summed E-state index contributed by atoms with van der Waals surface area (Å²) in [6.45, 7) is -0.0493. The molecule has 1 aliphatic rings. The number of ether oxygens (including phenoxy) is 1. The number of hydrogen-bond donors (Lipinski definition) is 0. The minimum absolute atomic E-state index is 0.0424. The van der Waals surface area contributed by atoms with Crippen molar-refractivity contribution in [2.75, 3.05) is 13.1 Å². The van der Waals surface area contributed by atoms with Crippen LogP contribution in [0.15, 0.2) is 41.3 Å². The van der Waals surface area contributed by atoms with E-state index in [1.807, 2.05) is 0 Å². The molecule has 29 heavy (non-hydrogen) atoms. The van der Waals surface area contributed by atoms with E-state index in [2.05, 4.69) is 0 Å². The van der Waals surface area contributed by atoms with Gasteiger partial charge in [0.25, 0.3) is 0 Å². The molecule has 0 aliphatic carbocycles. The van der Waals surface area contributed by atoms with Gasteiger partial charge in [0.05, 0.1) is 21.0 Å². The minimum atomic E-state index is -3.89. The van der Waals surface area contributed by atoms with Crippen molar-refractivity contribution in [1.29, 1.82) is 0 Å². The topological polar surface area (TPSA) is 63.7 Å². The molecule has 2 aromatic rings. The summed E-state index contributed by atoms with van der Waals surface area (Å²) in [7, 11) is -3.89. The molecule has 0 spiro atoms. The first-order valence-corrected chi connectivity index (χ1v) is 11.3. The van der Waals surface area contributed by atoms with Gasteiger partial charge in [-0.15, -0.1) is 0 Å². The van der Waals surface area contributed by atoms with Gasteiger partial charge < -0.3 is 4.74 Å². The second-order valence-corrected chi connectivity index (χ2v) is 9.63. The van der Waals surface area contributed by atoms with Crippen molar-refractivity contribution in [3.05, 3.63) is 62.8 Å². The van der Waals surface area contributed by atoms with E-state index >= 15 is 0 Å². The van der Waals surface area contributed by atoms with E-state index in [9.17, 15) is 17.6 Å². The first kappa shape index (κ1) is 22.3. The quantitative estimate of drug-likeness (QED) is 0.569. The number of benzene rings is 2. The number of halogens is 4. The van der Waals surface area contributed by atoms with Crippen molar-refractivity contribution in [2.45, 2.75) is 24.3 Å². The van der Waals surface area contributed by atoms with Crippen LogP contribution in [0.2, 0.25) is 15.1 Å². The van der Waals surface area contributed by atoms with Crippen molar-refractivity contribution in [3.63, 3.8) is 0 Å². The maximum atomic E-state index is 13.8. The molecule has 0 saturated carbocycles. The Bertz CT molecular complexity index is 984. The van der Waals surface area contributed by atoms with Crippen molar-refractivity contribution in [2.24, 2.45) is 5.92 Å². The Balaban J connectivity index is 1.62. The molecule has 0 atom stereocenters. The number of sulfonamides is 1. The van der Waals surface area contributed by atoms with Crippen LogP contribution >= 0.6 is 34.8 Å². The molecule has 0 amide bonds. The lowest BCUT2D eigenvalue weighted by atomic mass is 9.98. The zero-order valence-electron chi connectivity index (χ0n) is 15.1. The van der Waals surface area contributed by atoms with Gasteiger partial charge in [-0.1, -0.05) is 46.9 Å². The SMILES string of the molecule is O=C(OCc1c(F)cccc1Cl)C1CCN(S(=O)(=O)c2c(Cl)cccc2Cl)CC1. The van der Waals surface area contributed by atoms with Crippen molar-refractivity contribution in [3.8, 4) is 0 Å². The maximum absolute atomic E-state index is 13.8. The molecule has 1 aliphatic heterocycles. The van der Waals surface area contributed by atoms with Gasteiger partial charge in [0.2, 0.25) is 10.0 Å². The van der Waals surface area contributed by atoms with Crippen molar-refractivity contribution in [1.82, 2.24) is 4.31 Å². The van der Waals surface area contributed by atoms with Crippen LogP contribution in [-0.4, -0.2) is 31.8 Å². The molecule has 1 fully saturated rings. The third-order valence-corrected chi connectivity index (χ3v) is 7.93. The lowest BCUT2D eigenvalue weighted by Crippen LogP contribution is -2.40. The van der Waals surface area contributed by atoms with Gasteiger partial charge in [0.15, 0.2) is 0 Å². The largest absolute Gasteiger partial charge is 0.460 e. The highest BCUT2D eigenvalue weighted by atomic mass is 35.5. The average Bonchev–Trinajstić information content (AvgIpc) is 2.67. The molecule has 1 heterocycles. The second kappa shape index (κ2) is 9.18. The van der Waals surface area contributed by atoms with Crippen LogP contribution in [-0.2, 0) is 26.2 Å². The lowest BCUT2D eigenvalue weighted by molar-refractivity contribution is -0.151. The Kier molecular flexibility index (Phi) is 7.06. The van der Waals surface area contributed by atoms with Crippen molar-refractivity contribution < 1.29 is 22.3 Å². The van der Waals surface area contributed by atoms with Gasteiger partial charge in [-0.2, -0.15) is 4.31 Å². The summed E-state index contributed by atoms with van der Waals surface area (Å²) in [4.78, 5) is 12.2. The second-order valence-electron chi connectivity index (χ2n) is 6.54. The van der Waals surface area contributed by atoms with Crippen molar-refractivity contribution >= 4 is 50.8 Å². The summed E-state index contributed by atoms with van der Waals surface area (Å²) in [5.74, 6) is -1.56. The molecule has 5 nitrogen and oxygen atoms in total. The standard InChI is InChI=1S/C19H17Cl3FNO4S/c20-14-3-2-6-17(23)13(14)11-28-19(25)12-7-9-24(10-8-12)29(26,27)18-15(21)4-1-5-16(18)22/h1-6,12H,7-11H2. The molecule has 10 heteroatoms. The minimum Gasteiger partial charge on any atom is -0.460 e. The van der Waals surface area contributed by atoms with Crippen LogP contribution < -0.4 is 0 Å². The lowest BCUT2D eigenvalue weighted by Gasteiger charge is -2.30. The van der Waals surface area contributed by atoms with Crippen LogP contribution in [0.3, 0.4) is 0 Å². The average molecular weight is 481 g/mol. The monoisotopic (exact) mass is 479 g/mol. The Hall–Kier alpha value is -1.38. The van der Waals surface area contributed by atoms with E-state index in [0.29, 0.717) is 0 Å². The number of hydrogen-bond acceptors (Lipinski definition) is 4. The molecule has 0 aromatic heterocycles. The summed E-state index contributed by atoms with van der Waals surface area (Å²) in [6, 6.07) is 8.68. The Morgan fingerprint density at radius 2 is 1.59 bits per heavy atom. The highest BCUT2D eigenvalue weighted by Gasteiger charge is 2.35. The molecule has 1 saturated heterocycles. The summed E-state index contributed by atoms with van der Waals surface area (Å²) >= 11 is 18.0. The number of piperidine rings is 1. The van der Waals surface area contributed by atoms with Crippen LogP contribution in [0, 0.1) is 11.7 Å². The molecular weight excluding hydrogens is 464 g/mol. The van der Waals surface area contributed by atoms with Crippen LogP contribution in [0.25, 0.3) is 0 Å². The molecule has 0 N–H and O–H groups in total. The Morgan fingerprint density at radius 3 is 2.17 bits per heavy atom. The van der Waals surface area contributed by atoms with E-state index in [1.165, 1.54) is 34.6 Å². The first-order valence-electron chi connectivity index (χ1n) is 8.75. The molecule has 156 valence electrons. The van der Waals surface area contributed by atoms with E-state index in [0.717, 1.165) is 0 Å². The smallest absolute Gasteiger partial charge is 0.309 e. The van der Waals surface area contributed by atoms with Crippen LogP contribution in [0.5, 0.6) is 0 Å². The predicted molar refractivity (Wildman–Crippen MR) is 109 cm³/mol. The normalized spacial score (nSPS) is 16.0. The molecule has 0 radical (unpaired) electrons. The van der Waals surface area contributed by atoms with E-state index in [1.54, 1.807) is 6.07 Å². The van der Waals surface area contributed by atoms with E-state index in [4.69, 9.17) is 39.5 Å². The number of rotatable bonds is 5. The molecule has 2 aromatic carbocycles. The molecule has 0 bridgehead atoms. The molecular formula is C19H17Cl3FNO4S. The fourth-order valence-electron chi connectivity index (χ4n) is 3.12. The zero-order valence-corrected chi connectivity index (χ0v) is 18.2. The number of nitrogens with zero attached hydrogens (tertiary/aromatic N) is 1. The summed E-state index contributed by atoms with van der Waals surface area (Å²) < 4.78 is 46.0. The summed E-state index contributed by atoms with van der Waals surface area (Å²) in [5.41, 5.74) is 0.107.